The summed E-state index contributed by atoms with van der Waals surface area (Å²) in [5, 5.41) is 13.5. The van der Waals surface area contributed by atoms with Gasteiger partial charge in [0.05, 0.1) is 36.4 Å². The van der Waals surface area contributed by atoms with E-state index in [1.807, 2.05) is 37.3 Å². The maximum Gasteiger partial charge on any atom is 0.273 e. The molecule has 0 spiro atoms. The van der Waals surface area contributed by atoms with E-state index in [1.54, 1.807) is 29.2 Å². The molecule has 2 aromatic heterocycles. The van der Waals surface area contributed by atoms with Crippen molar-refractivity contribution in [1.82, 2.24) is 35.6 Å². The number of hydrogen-bond donors (Lipinski definition) is 3. The minimum Gasteiger partial charge on any atom is -0.378 e. The summed E-state index contributed by atoms with van der Waals surface area (Å²) in [6, 6.07) is 20.5. The van der Waals surface area contributed by atoms with Gasteiger partial charge in [-0.3, -0.25) is 19.2 Å². The molecule has 0 aliphatic carbocycles. The van der Waals surface area contributed by atoms with Crippen molar-refractivity contribution in [2.45, 2.75) is 19.8 Å². The van der Waals surface area contributed by atoms with Gasteiger partial charge in [-0.05, 0) is 47.4 Å². The van der Waals surface area contributed by atoms with Crippen LogP contribution in [0, 0.1) is 11.6 Å². The Hall–Kier alpha value is -5.86. The zero-order valence-electron chi connectivity index (χ0n) is 29.9. The van der Waals surface area contributed by atoms with Crippen LogP contribution in [0.4, 0.5) is 8.78 Å². The lowest BCUT2D eigenvalue weighted by molar-refractivity contribution is -0.131. The van der Waals surface area contributed by atoms with Gasteiger partial charge in [0.25, 0.3) is 17.4 Å². The van der Waals surface area contributed by atoms with Gasteiger partial charge in [-0.25, -0.2) is 18.9 Å². The second-order valence-corrected chi connectivity index (χ2v) is 12.9. The average molecular weight is 738 g/mol. The summed E-state index contributed by atoms with van der Waals surface area (Å²) in [5.74, 6) is -2.58. The number of aromatic amines is 1. The molecule has 3 heterocycles. The fraction of sp³-hybridized carbons (Fsp3) is 0.300. The van der Waals surface area contributed by atoms with E-state index in [4.69, 9.17) is 4.74 Å². The number of carbonyl (C=O) groups is 3. The maximum atomic E-state index is 14.9. The molecule has 0 bridgehead atoms. The first-order valence-corrected chi connectivity index (χ1v) is 17.8. The van der Waals surface area contributed by atoms with E-state index in [9.17, 15) is 28.0 Å². The first kappa shape index (κ1) is 37.9. The molecule has 1 aliphatic rings. The topological polar surface area (TPSA) is 150 Å². The number of halogens is 2. The van der Waals surface area contributed by atoms with E-state index in [0.29, 0.717) is 53.6 Å². The van der Waals surface area contributed by atoms with Crippen LogP contribution in [0.5, 0.6) is 0 Å². The number of nitrogens with one attached hydrogen (secondary N) is 3. The van der Waals surface area contributed by atoms with E-state index in [1.165, 1.54) is 29.3 Å². The first-order chi connectivity index (χ1) is 26.2. The van der Waals surface area contributed by atoms with Crippen LogP contribution in [0.3, 0.4) is 0 Å². The zero-order chi connectivity index (χ0) is 38.0. The number of hydrogen-bond acceptors (Lipinski definition) is 8. The van der Waals surface area contributed by atoms with E-state index in [0.717, 1.165) is 17.5 Å². The molecule has 3 amide bonds. The standard InChI is InChI=1S/C40H41F2N7O5/c1-2-26-6-5-7-28(20-26)29-23-34(42)37(45-24-29)39(52)44-13-19-54-18-12-43-25-36(50)48-14-16-49(17-15-48)40(53)32-21-27(10-11-33(32)41)22-35-30-8-3-4-9-31(30)38(51)47-46-35/h3-11,20-21,23-24,43H,2,12-19,22,25H2,1H3,(H,44,52)(H,47,51). The molecule has 14 heteroatoms. The third-order valence-corrected chi connectivity index (χ3v) is 9.28. The number of rotatable bonds is 14. The van der Waals surface area contributed by atoms with Crippen LogP contribution in [0.2, 0.25) is 0 Å². The Morgan fingerprint density at radius 2 is 1.59 bits per heavy atom. The first-order valence-electron chi connectivity index (χ1n) is 17.8. The molecule has 0 atom stereocenters. The fourth-order valence-electron chi connectivity index (χ4n) is 6.28. The molecule has 12 nitrogen and oxygen atoms in total. The van der Waals surface area contributed by atoms with Gasteiger partial charge in [-0.15, -0.1) is 0 Å². The van der Waals surface area contributed by atoms with Gasteiger partial charge in [-0.1, -0.05) is 55.5 Å². The summed E-state index contributed by atoms with van der Waals surface area (Å²) in [6.45, 7) is 4.24. The van der Waals surface area contributed by atoms with Crippen molar-refractivity contribution in [1.29, 1.82) is 0 Å². The van der Waals surface area contributed by atoms with E-state index in [2.05, 4.69) is 25.8 Å². The summed E-state index contributed by atoms with van der Waals surface area (Å²) in [5.41, 5.74) is 3.16. The summed E-state index contributed by atoms with van der Waals surface area (Å²) >= 11 is 0. The number of pyridine rings is 1. The average Bonchev–Trinajstić information content (AvgIpc) is 3.20. The molecule has 0 saturated carbocycles. The van der Waals surface area contributed by atoms with Crippen molar-refractivity contribution in [3.63, 3.8) is 0 Å². The quantitative estimate of drug-likeness (QED) is 0.146. The van der Waals surface area contributed by atoms with Gasteiger partial charge in [-0.2, -0.15) is 5.10 Å². The van der Waals surface area contributed by atoms with Crippen LogP contribution in [0.1, 0.15) is 44.6 Å². The second-order valence-electron chi connectivity index (χ2n) is 12.9. The molecule has 3 aromatic carbocycles. The van der Waals surface area contributed by atoms with Crippen LogP contribution in [-0.2, 0) is 22.4 Å². The number of aromatic nitrogens is 3. The Labute approximate surface area is 310 Å². The zero-order valence-corrected chi connectivity index (χ0v) is 29.9. The van der Waals surface area contributed by atoms with Crippen LogP contribution in [-0.4, -0.2) is 102 Å². The van der Waals surface area contributed by atoms with Crippen molar-refractivity contribution in [3.05, 3.63) is 129 Å². The highest BCUT2D eigenvalue weighted by atomic mass is 19.1. The summed E-state index contributed by atoms with van der Waals surface area (Å²) in [7, 11) is 0. The van der Waals surface area contributed by atoms with Crippen LogP contribution in [0.25, 0.3) is 21.9 Å². The number of nitrogens with zero attached hydrogens (tertiary/aromatic N) is 4. The lowest BCUT2D eigenvalue weighted by atomic mass is 10.0. The van der Waals surface area contributed by atoms with Crippen molar-refractivity contribution in [3.8, 4) is 11.1 Å². The summed E-state index contributed by atoms with van der Waals surface area (Å²) in [6.07, 6.45) is 2.63. The Kier molecular flexibility index (Phi) is 12.5. The van der Waals surface area contributed by atoms with Crippen LogP contribution in [0.15, 0.2) is 83.8 Å². The van der Waals surface area contributed by atoms with Crippen molar-refractivity contribution in [2.24, 2.45) is 0 Å². The number of benzene rings is 3. The lowest BCUT2D eigenvalue weighted by Gasteiger charge is -2.35. The number of piperazine rings is 1. The predicted molar refractivity (Wildman–Crippen MR) is 199 cm³/mol. The highest BCUT2D eigenvalue weighted by Gasteiger charge is 2.26. The Morgan fingerprint density at radius 1 is 0.833 bits per heavy atom. The van der Waals surface area contributed by atoms with Gasteiger partial charge < -0.3 is 25.2 Å². The molecule has 280 valence electrons. The molecule has 1 aliphatic heterocycles. The summed E-state index contributed by atoms with van der Waals surface area (Å²) in [4.78, 5) is 58.0. The van der Waals surface area contributed by atoms with Gasteiger partial charge in [0, 0.05) is 62.8 Å². The molecule has 3 N–H and O–H groups in total. The third-order valence-electron chi connectivity index (χ3n) is 9.28. The second kappa shape index (κ2) is 17.8. The molecule has 1 fully saturated rings. The third kappa shape index (κ3) is 9.19. The van der Waals surface area contributed by atoms with E-state index in [-0.39, 0.29) is 62.1 Å². The van der Waals surface area contributed by atoms with Gasteiger partial charge in [0.15, 0.2) is 11.5 Å². The molecular formula is C40H41F2N7O5. The van der Waals surface area contributed by atoms with Crippen LogP contribution >= 0.6 is 0 Å². The molecule has 54 heavy (non-hydrogen) atoms. The Bertz CT molecular complexity index is 2200. The van der Waals surface area contributed by atoms with Crippen LogP contribution < -0.4 is 16.2 Å². The molecule has 0 unspecified atom stereocenters. The van der Waals surface area contributed by atoms with Gasteiger partial charge in [0.1, 0.15) is 5.82 Å². The number of ether oxygens (including phenoxy) is 1. The number of carbonyl (C=O) groups excluding carboxylic acids is 3. The lowest BCUT2D eigenvalue weighted by Crippen LogP contribution is -2.52. The number of amides is 3. The highest BCUT2D eigenvalue weighted by molar-refractivity contribution is 5.95. The van der Waals surface area contributed by atoms with E-state index >= 15 is 0 Å². The molecule has 1 saturated heterocycles. The Balaban J connectivity index is 0.879. The minimum absolute atomic E-state index is 0.0611. The van der Waals surface area contributed by atoms with Gasteiger partial charge in [0.2, 0.25) is 5.91 Å². The molecule has 6 rings (SSSR count). The largest absolute Gasteiger partial charge is 0.378 e. The fourth-order valence-corrected chi connectivity index (χ4v) is 6.28. The Morgan fingerprint density at radius 3 is 2.37 bits per heavy atom. The molecule has 5 aromatic rings. The maximum absolute atomic E-state index is 14.9. The van der Waals surface area contributed by atoms with E-state index < -0.39 is 23.4 Å². The van der Waals surface area contributed by atoms with Gasteiger partial charge >= 0.3 is 0 Å². The molecule has 0 radical (unpaired) electrons. The van der Waals surface area contributed by atoms with Crippen molar-refractivity contribution < 1.29 is 27.9 Å². The number of fused-ring (bicyclic) bond motifs is 1. The van der Waals surface area contributed by atoms with Crippen molar-refractivity contribution >= 4 is 28.5 Å². The monoisotopic (exact) mass is 737 g/mol. The predicted octanol–water partition coefficient (Wildman–Crippen LogP) is 3.74. The number of aryl methyl sites for hydroxylation is 1. The summed E-state index contributed by atoms with van der Waals surface area (Å²) < 4.78 is 35.1. The minimum atomic E-state index is -0.707. The normalized spacial score (nSPS) is 12.9. The smallest absolute Gasteiger partial charge is 0.273 e. The molecular weight excluding hydrogens is 696 g/mol. The van der Waals surface area contributed by atoms with Crippen molar-refractivity contribution in [2.75, 3.05) is 59.0 Å². The highest BCUT2D eigenvalue weighted by Crippen LogP contribution is 2.23. The SMILES string of the molecule is CCc1cccc(-c2cnc(C(=O)NCCOCCNCC(=O)N3CCN(C(=O)c4cc(Cc5n[nH]c(=O)c6ccccc56)ccc4F)CC3)c(F)c2)c1. The number of H-pyrrole nitrogens is 1.